The molecule has 1 aliphatic heterocycles. The lowest BCUT2D eigenvalue weighted by Crippen LogP contribution is -2.50. The summed E-state index contributed by atoms with van der Waals surface area (Å²) in [5, 5.41) is 9.94. The summed E-state index contributed by atoms with van der Waals surface area (Å²) < 4.78 is 12.5. The monoisotopic (exact) mass is 467 g/mol. The third kappa shape index (κ3) is 5.45. The molecule has 3 rings (SSSR count). The summed E-state index contributed by atoms with van der Waals surface area (Å²) in [6.45, 7) is 11.5. The van der Waals surface area contributed by atoms with Crippen molar-refractivity contribution >= 4 is 23.6 Å². The summed E-state index contributed by atoms with van der Waals surface area (Å²) in [7, 11) is 0. The van der Waals surface area contributed by atoms with Crippen molar-refractivity contribution in [1.29, 1.82) is 5.26 Å². The fourth-order valence-corrected chi connectivity index (χ4v) is 3.94. The Morgan fingerprint density at radius 3 is 2.26 bits per heavy atom. The van der Waals surface area contributed by atoms with E-state index in [0.717, 1.165) is 11.1 Å². The van der Waals surface area contributed by atoms with Gasteiger partial charge in [-0.3, -0.25) is 0 Å². The first kappa shape index (κ1) is 25.0. The van der Waals surface area contributed by atoms with E-state index < -0.39 is 11.6 Å². The molecule has 0 saturated carbocycles. The highest BCUT2D eigenvalue weighted by Crippen LogP contribution is 2.34. The number of nitrogen functional groups attached to an aromatic ring is 1. The second kappa shape index (κ2) is 10.1. The fourth-order valence-electron chi connectivity index (χ4n) is 3.94. The first-order chi connectivity index (χ1) is 16.1. The number of rotatable bonds is 5. The summed E-state index contributed by atoms with van der Waals surface area (Å²) in [5.41, 5.74) is 8.35. The standard InChI is InChI=1S/C25H33N5O4/c1-6-33-23(31)21-20(27)19(15-26)22(30(21)16-18-9-7-17(2)8-10-18)28-11-13-29(14-12-28)24(32)34-25(3,4)5/h7-10H,6,11-14,16,27H2,1-5H3. The third-order valence-electron chi connectivity index (χ3n) is 5.55. The Morgan fingerprint density at radius 1 is 1.12 bits per heavy atom. The van der Waals surface area contributed by atoms with E-state index >= 15 is 0 Å². The molecule has 0 atom stereocenters. The molecule has 2 aromatic rings. The molecule has 1 aliphatic rings. The van der Waals surface area contributed by atoms with E-state index in [4.69, 9.17) is 15.2 Å². The van der Waals surface area contributed by atoms with Crippen molar-refractivity contribution in [3.63, 3.8) is 0 Å². The van der Waals surface area contributed by atoms with Crippen LogP contribution < -0.4 is 10.6 Å². The van der Waals surface area contributed by atoms with E-state index in [0.29, 0.717) is 38.5 Å². The van der Waals surface area contributed by atoms with Gasteiger partial charge in [0, 0.05) is 32.7 Å². The maximum atomic E-state index is 12.8. The van der Waals surface area contributed by atoms with Crippen LogP contribution in [0.3, 0.4) is 0 Å². The van der Waals surface area contributed by atoms with Gasteiger partial charge in [0.05, 0.1) is 12.3 Å². The number of esters is 1. The zero-order valence-corrected chi connectivity index (χ0v) is 20.6. The number of ether oxygens (including phenoxy) is 2. The molecule has 34 heavy (non-hydrogen) atoms. The van der Waals surface area contributed by atoms with Crippen molar-refractivity contribution in [2.24, 2.45) is 0 Å². The van der Waals surface area contributed by atoms with E-state index in [-0.39, 0.29) is 29.6 Å². The Labute approximate surface area is 200 Å². The van der Waals surface area contributed by atoms with E-state index in [2.05, 4.69) is 6.07 Å². The highest BCUT2D eigenvalue weighted by Gasteiger charge is 2.33. The summed E-state index contributed by atoms with van der Waals surface area (Å²) >= 11 is 0. The van der Waals surface area contributed by atoms with Crippen LogP contribution >= 0.6 is 0 Å². The minimum atomic E-state index is -0.575. The largest absolute Gasteiger partial charge is 0.461 e. The molecule has 0 bridgehead atoms. The lowest BCUT2D eigenvalue weighted by Gasteiger charge is -2.37. The number of nitrogens with zero attached hydrogens (tertiary/aromatic N) is 4. The number of nitriles is 1. The number of nitrogens with two attached hydrogens (primary N) is 1. The van der Waals surface area contributed by atoms with Crippen LogP contribution in [-0.4, -0.2) is 59.9 Å². The first-order valence-corrected chi connectivity index (χ1v) is 11.4. The second-order valence-corrected chi connectivity index (χ2v) is 9.32. The number of hydrogen-bond donors (Lipinski definition) is 1. The van der Waals surface area contributed by atoms with Crippen LogP contribution in [0.15, 0.2) is 24.3 Å². The van der Waals surface area contributed by atoms with Crippen LogP contribution in [0, 0.1) is 18.3 Å². The number of piperazine rings is 1. The zero-order chi connectivity index (χ0) is 25.0. The van der Waals surface area contributed by atoms with Crippen molar-refractivity contribution in [2.45, 2.75) is 46.8 Å². The Hall–Kier alpha value is -3.67. The molecule has 0 radical (unpaired) electrons. The highest BCUT2D eigenvalue weighted by atomic mass is 16.6. The molecule has 1 aromatic carbocycles. The lowest BCUT2D eigenvalue weighted by molar-refractivity contribution is 0.0240. The van der Waals surface area contributed by atoms with Gasteiger partial charge in [-0.25, -0.2) is 9.59 Å². The van der Waals surface area contributed by atoms with Crippen molar-refractivity contribution in [2.75, 3.05) is 43.4 Å². The third-order valence-corrected chi connectivity index (χ3v) is 5.55. The van der Waals surface area contributed by atoms with Gasteiger partial charge < -0.3 is 29.6 Å². The topological polar surface area (TPSA) is 114 Å². The fraction of sp³-hybridized carbons (Fsp3) is 0.480. The van der Waals surface area contributed by atoms with Crippen LogP contribution in [0.25, 0.3) is 0 Å². The summed E-state index contributed by atoms with van der Waals surface area (Å²) in [5.74, 6) is -0.00489. The van der Waals surface area contributed by atoms with Crippen LogP contribution in [0.1, 0.15) is 54.9 Å². The highest BCUT2D eigenvalue weighted by molar-refractivity contribution is 5.98. The van der Waals surface area contributed by atoms with Gasteiger partial charge >= 0.3 is 12.1 Å². The molecule has 1 saturated heterocycles. The Bertz CT molecular complexity index is 1080. The molecule has 0 aliphatic carbocycles. The number of amides is 1. The van der Waals surface area contributed by atoms with Crippen LogP contribution in [0.2, 0.25) is 0 Å². The first-order valence-electron chi connectivity index (χ1n) is 11.4. The molecule has 9 heteroatoms. The van der Waals surface area contributed by atoms with E-state index in [1.165, 1.54) is 0 Å². The van der Waals surface area contributed by atoms with Crippen molar-refractivity contribution in [3.8, 4) is 6.07 Å². The Kier molecular flexibility index (Phi) is 7.40. The predicted molar refractivity (Wildman–Crippen MR) is 130 cm³/mol. The van der Waals surface area contributed by atoms with E-state index in [1.54, 1.807) is 16.4 Å². The smallest absolute Gasteiger partial charge is 0.410 e. The zero-order valence-electron chi connectivity index (χ0n) is 20.6. The van der Waals surface area contributed by atoms with Gasteiger partial charge in [-0.1, -0.05) is 29.8 Å². The normalized spacial score (nSPS) is 14.0. The van der Waals surface area contributed by atoms with Gasteiger partial charge in [0.2, 0.25) is 0 Å². The number of anilines is 2. The summed E-state index contributed by atoms with van der Waals surface area (Å²) in [6, 6.07) is 10.1. The molecule has 0 unspecified atom stereocenters. The summed E-state index contributed by atoms with van der Waals surface area (Å²) in [4.78, 5) is 29.0. The van der Waals surface area contributed by atoms with Crippen LogP contribution in [-0.2, 0) is 16.0 Å². The molecule has 2 heterocycles. The number of carbonyl (C=O) groups is 2. The second-order valence-electron chi connectivity index (χ2n) is 9.32. The Balaban J connectivity index is 1.97. The van der Waals surface area contributed by atoms with Gasteiger partial charge in [0.15, 0.2) is 5.69 Å². The van der Waals surface area contributed by atoms with Crippen molar-refractivity contribution in [3.05, 3.63) is 46.6 Å². The molecule has 0 spiro atoms. The molecule has 9 nitrogen and oxygen atoms in total. The molecule has 1 aromatic heterocycles. The number of aryl methyl sites for hydroxylation is 1. The van der Waals surface area contributed by atoms with Crippen molar-refractivity contribution < 1.29 is 19.1 Å². The van der Waals surface area contributed by atoms with E-state index in [9.17, 15) is 14.9 Å². The average molecular weight is 468 g/mol. The van der Waals surface area contributed by atoms with Crippen LogP contribution in [0.5, 0.6) is 0 Å². The number of carbonyl (C=O) groups excluding carboxylic acids is 2. The lowest BCUT2D eigenvalue weighted by atomic mass is 10.1. The molecule has 1 fully saturated rings. The molecule has 1 amide bonds. The van der Waals surface area contributed by atoms with Gasteiger partial charge in [-0.05, 0) is 40.2 Å². The average Bonchev–Trinajstić information content (AvgIpc) is 3.05. The van der Waals surface area contributed by atoms with E-state index in [1.807, 2.05) is 56.9 Å². The SMILES string of the molecule is CCOC(=O)c1c(N)c(C#N)c(N2CCN(C(=O)OC(C)(C)C)CC2)n1Cc1ccc(C)cc1. The molecular weight excluding hydrogens is 434 g/mol. The quantitative estimate of drug-likeness (QED) is 0.669. The number of aromatic nitrogens is 1. The predicted octanol–water partition coefficient (Wildman–Crippen LogP) is 3.53. The van der Waals surface area contributed by atoms with Crippen LogP contribution in [0.4, 0.5) is 16.3 Å². The van der Waals surface area contributed by atoms with Gasteiger partial charge in [0.1, 0.15) is 23.1 Å². The maximum Gasteiger partial charge on any atom is 0.410 e. The summed E-state index contributed by atoms with van der Waals surface area (Å²) in [6.07, 6.45) is -0.366. The van der Waals surface area contributed by atoms with Gasteiger partial charge in [-0.2, -0.15) is 5.26 Å². The minimum Gasteiger partial charge on any atom is -0.461 e. The number of hydrogen-bond acceptors (Lipinski definition) is 7. The number of benzene rings is 1. The Morgan fingerprint density at radius 2 is 1.74 bits per heavy atom. The minimum absolute atomic E-state index is 0.109. The van der Waals surface area contributed by atoms with Crippen molar-refractivity contribution in [1.82, 2.24) is 9.47 Å². The van der Waals surface area contributed by atoms with Gasteiger partial charge in [-0.15, -0.1) is 0 Å². The molecular formula is C25H33N5O4. The molecule has 182 valence electrons. The molecule has 2 N–H and O–H groups in total. The maximum absolute atomic E-state index is 12.8. The van der Waals surface area contributed by atoms with Gasteiger partial charge in [0.25, 0.3) is 0 Å².